The minimum atomic E-state index is -0.325. The third kappa shape index (κ3) is 3.30. The number of nitrogens with zero attached hydrogens (tertiary/aromatic N) is 3. The van der Waals surface area contributed by atoms with Gasteiger partial charge in [0.15, 0.2) is 11.5 Å². The number of ether oxygens (including phenoxy) is 2. The van der Waals surface area contributed by atoms with Crippen molar-refractivity contribution in [3.63, 3.8) is 0 Å². The van der Waals surface area contributed by atoms with Gasteiger partial charge in [0.25, 0.3) is 0 Å². The molecule has 0 aliphatic carbocycles. The number of rotatable bonds is 4. The van der Waals surface area contributed by atoms with E-state index in [2.05, 4.69) is 20.7 Å². The Bertz CT molecular complexity index is 939. The maximum Gasteiger partial charge on any atom is 0.319 e. The number of hydrogen-bond donors (Lipinski definition) is 2. The third-order valence-electron chi connectivity index (χ3n) is 3.92. The van der Waals surface area contributed by atoms with Crippen LogP contribution in [0.3, 0.4) is 0 Å². The van der Waals surface area contributed by atoms with Gasteiger partial charge in [-0.1, -0.05) is 6.07 Å². The lowest BCUT2D eigenvalue weighted by Gasteiger charge is -2.07. The van der Waals surface area contributed by atoms with E-state index in [1.165, 1.54) is 0 Å². The van der Waals surface area contributed by atoms with Gasteiger partial charge in [0.05, 0.1) is 23.6 Å². The van der Waals surface area contributed by atoms with Gasteiger partial charge in [0.2, 0.25) is 6.79 Å². The molecule has 3 heterocycles. The number of pyridine rings is 1. The molecule has 0 atom stereocenters. The Hall–Kier alpha value is -3.55. The zero-order valence-electron chi connectivity index (χ0n) is 14.1. The fourth-order valence-corrected chi connectivity index (χ4v) is 2.69. The van der Waals surface area contributed by atoms with Crippen LogP contribution < -0.4 is 20.1 Å². The highest BCUT2D eigenvalue weighted by Crippen LogP contribution is 2.34. The van der Waals surface area contributed by atoms with E-state index in [-0.39, 0.29) is 12.8 Å². The van der Waals surface area contributed by atoms with Crippen molar-refractivity contribution >= 4 is 11.7 Å². The Morgan fingerprint density at radius 2 is 2.08 bits per heavy atom. The smallest absolute Gasteiger partial charge is 0.319 e. The molecule has 0 unspecified atom stereocenters. The highest BCUT2D eigenvalue weighted by atomic mass is 16.7. The molecule has 1 aliphatic rings. The van der Waals surface area contributed by atoms with E-state index in [1.54, 1.807) is 29.1 Å². The summed E-state index contributed by atoms with van der Waals surface area (Å²) in [5.74, 6) is 1.29. The van der Waals surface area contributed by atoms with Crippen molar-refractivity contribution in [2.45, 2.75) is 6.54 Å². The number of fused-ring (bicyclic) bond motifs is 1. The SMILES string of the molecule is Cn1nc(CNC(=O)Nc2ccc3c(c2)OCO3)cc1-c1ccccn1. The molecule has 8 heteroatoms. The van der Waals surface area contributed by atoms with Crippen LogP contribution in [0.4, 0.5) is 10.5 Å². The predicted octanol–water partition coefficient (Wildman–Crippen LogP) is 2.53. The number of carbonyl (C=O) groups excluding carboxylic acids is 1. The molecule has 132 valence electrons. The minimum absolute atomic E-state index is 0.198. The molecule has 0 fully saturated rings. The third-order valence-corrected chi connectivity index (χ3v) is 3.92. The van der Waals surface area contributed by atoms with Gasteiger partial charge >= 0.3 is 6.03 Å². The molecule has 8 nitrogen and oxygen atoms in total. The highest BCUT2D eigenvalue weighted by molar-refractivity contribution is 5.89. The summed E-state index contributed by atoms with van der Waals surface area (Å²) in [5.41, 5.74) is 3.09. The molecule has 0 saturated carbocycles. The van der Waals surface area contributed by atoms with Gasteiger partial charge in [0.1, 0.15) is 0 Å². The molecular weight excluding hydrogens is 334 g/mol. The van der Waals surface area contributed by atoms with Crippen LogP contribution in [0.25, 0.3) is 11.4 Å². The molecule has 0 bridgehead atoms. The maximum absolute atomic E-state index is 12.1. The second-order valence-corrected chi connectivity index (χ2v) is 5.74. The molecule has 0 radical (unpaired) electrons. The first-order chi connectivity index (χ1) is 12.7. The number of nitrogens with one attached hydrogen (secondary N) is 2. The monoisotopic (exact) mass is 351 g/mol. The van der Waals surface area contributed by atoms with Crippen LogP contribution in [0.2, 0.25) is 0 Å². The average Bonchev–Trinajstić information content (AvgIpc) is 3.26. The normalized spacial score (nSPS) is 12.0. The van der Waals surface area contributed by atoms with Crippen LogP contribution >= 0.6 is 0 Å². The van der Waals surface area contributed by atoms with Crippen molar-refractivity contribution < 1.29 is 14.3 Å². The van der Waals surface area contributed by atoms with E-state index in [4.69, 9.17) is 9.47 Å². The summed E-state index contributed by atoms with van der Waals surface area (Å²) in [6.45, 7) is 0.500. The minimum Gasteiger partial charge on any atom is -0.454 e. The molecule has 0 spiro atoms. The number of anilines is 1. The van der Waals surface area contributed by atoms with E-state index in [1.807, 2.05) is 31.3 Å². The molecule has 26 heavy (non-hydrogen) atoms. The zero-order chi connectivity index (χ0) is 17.9. The van der Waals surface area contributed by atoms with Crippen LogP contribution in [-0.4, -0.2) is 27.6 Å². The summed E-state index contributed by atoms with van der Waals surface area (Å²) >= 11 is 0. The van der Waals surface area contributed by atoms with Crippen molar-refractivity contribution in [1.29, 1.82) is 0 Å². The van der Waals surface area contributed by atoms with Crippen molar-refractivity contribution in [1.82, 2.24) is 20.1 Å². The lowest BCUT2D eigenvalue weighted by molar-refractivity contribution is 0.174. The second kappa shape index (κ2) is 6.75. The molecule has 0 saturated heterocycles. The van der Waals surface area contributed by atoms with Crippen molar-refractivity contribution in [2.24, 2.45) is 7.05 Å². The largest absolute Gasteiger partial charge is 0.454 e. The lowest BCUT2D eigenvalue weighted by Crippen LogP contribution is -2.28. The number of amides is 2. The first-order valence-corrected chi connectivity index (χ1v) is 8.08. The number of aryl methyl sites for hydroxylation is 1. The standard InChI is InChI=1S/C18H17N5O3/c1-23-15(14-4-2-3-7-19-14)8-13(22-23)10-20-18(24)21-12-5-6-16-17(9-12)26-11-25-16/h2-9H,10-11H2,1H3,(H2,20,21,24). The lowest BCUT2D eigenvalue weighted by atomic mass is 10.2. The quantitative estimate of drug-likeness (QED) is 0.754. The van der Waals surface area contributed by atoms with Gasteiger partial charge in [0, 0.05) is 25.0 Å². The van der Waals surface area contributed by atoms with Gasteiger partial charge in [-0.05, 0) is 30.3 Å². The Labute approximate surface area is 149 Å². The van der Waals surface area contributed by atoms with Crippen molar-refractivity contribution in [3.05, 3.63) is 54.4 Å². The molecule has 1 aromatic carbocycles. The average molecular weight is 351 g/mol. The Morgan fingerprint density at radius 1 is 1.19 bits per heavy atom. The maximum atomic E-state index is 12.1. The van der Waals surface area contributed by atoms with E-state index >= 15 is 0 Å². The molecular formula is C18H17N5O3. The van der Waals surface area contributed by atoms with Gasteiger partial charge in [-0.2, -0.15) is 5.10 Å². The summed E-state index contributed by atoms with van der Waals surface area (Å²) < 4.78 is 12.3. The van der Waals surface area contributed by atoms with Gasteiger partial charge < -0.3 is 20.1 Å². The number of benzene rings is 1. The van der Waals surface area contributed by atoms with Crippen LogP contribution in [0.5, 0.6) is 11.5 Å². The van der Waals surface area contributed by atoms with Crippen LogP contribution in [0.1, 0.15) is 5.69 Å². The fourth-order valence-electron chi connectivity index (χ4n) is 2.69. The van der Waals surface area contributed by atoms with E-state index in [9.17, 15) is 4.79 Å². The Kier molecular flexibility index (Phi) is 4.14. The molecule has 4 rings (SSSR count). The second-order valence-electron chi connectivity index (χ2n) is 5.74. The van der Waals surface area contributed by atoms with E-state index in [0.717, 1.165) is 17.1 Å². The van der Waals surface area contributed by atoms with Gasteiger partial charge in [-0.15, -0.1) is 0 Å². The first kappa shape index (κ1) is 15.9. The van der Waals surface area contributed by atoms with Gasteiger partial charge in [-0.3, -0.25) is 9.67 Å². The predicted molar refractivity (Wildman–Crippen MR) is 94.9 cm³/mol. The fraction of sp³-hybridized carbons (Fsp3) is 0.167. The number of aromatic nitrogens is 3. The van der Waals surface area contributed by atoms with Crippen LogP contribution in [-0.2, 0) is 13.6 Å². The molecule has 2 N–H and O–H groups in total. The number of carbonyl (C=O) groups is 1. The Balaban J connectivity index is 1.37. The van der Waals surface area contributed by atoms with Crippen LogP contribution in [0, 0.1) is 0 Å². The summed E-state index contributed by atoms with van der Waals surface area (Å²) in [5, 5.41) is 9.96. The molecule has 2 aromatic heterocycles. The summed E-state index contributed by atoms with van der Waals surface area (Å²) in [4.78, 5) is 16.4. The molecule has 3 aromatic rings. The van der Waals surface area contributed by atoms with Crippen molar-refractivity contribution in [3.8, 4) is 22.9 Å². The summed E-state index contributed by atoms with van der Waals surface area (Å²) in [6.07, 6.45) is 1.74. The van der Waals surface area contributed by atoms with E-state index in [0.29, 0.717) is 23.7 Å². The first-order valence-electron chi connectivity index (χ1n) is 8.08. The molecule has 1 aliphatic heterocycles. The number of urea groups is 1. The zero-order valence-corrected chi connectivity index (χ0v) is 14.1. The number of hydrogen-bond acceptors (Lipinski definition) is 5. The van der Waals surface area contributed by atoms with Crippen LogP contribution in [0.15, 0.2) is 48.7 Å². The highest BCUT2D eigenvalue weighted by Gasteiger charge is 2.14. The summed E-state index contributed by atoms with van der Waals surface area (Å²) in [6, 6.07) is 12.5. The Morgan fingerprint density at radius 3 is 2.92 bits per heavy atom. The topological polar surface area (TPSA) is 90.3 Å². The van der Waals surface area contributed by atoms with Gasteiger partial charge in [-0.25, -0.2) is 4.79 Å². The molecule has 2 amide bonds. The summed E-state index contributed by atoms with van der Waals surface area (Å²) in [7, 11) is 1.85. The van der Waals surface area contributed by atoms with Crippen molar-refractivity contribution in [2.75, 3.05) is 12.1 Å². The van der Waals surface area contributed by atoms with E-state index < -0.39 is 0 Å².